The highest BCUT2D eigenvalue weighted by molar-refractivity contribution is 6.19. The molecule has 0 aliphatic carbocycles. The fraction of sp³-hybridized carbons (Fsp3) is 0.111. The van der Waals surface area contributed by atoms with E-state index in [1.807, 2.05) is 19.1 Å². The number of benzene rings is 1. The third-order valence-electron chi connectivity index (χ3n) is 1.13. The zero-order chi connectivity index (χ0) is 10.3. The Morgan fingerprint density at radius 2 is 1.69 bits per heavy atom. The van der Waals surface area contributed by atoms with Gasteiger partial charge in [0.05, 0.1) is 0 Å². The van der Waals surface area contributed by atoms with Gasteiger partial charge in [-0.2, -0.15) is 0 Å². The second-order valence-electron chi connectivity index (χ2n) is 2.29. The molecule has 0 unspecified atom stereocenters. The Kier molecular flexibility index (Phi) is 4.95. The van der Waals surface area contributed by atoms with Crippen LogP contribution in [0.2, 0.25) is 0 Å². The van der Waals surface area contributed by atoms with Gasteiger partial charge >= 0.3 is 5.97 Å². The molecule has 4 nitrogen and oxygen atoms in total. The number of carbonyl (C=O) groups is 2. The number of hydrogen-bond acceptors (Lipinski definition) is 3. The average molecular weight is 182 g/mol. The summed E-state index contributed by atoms with van der Waals surface area (Å²) in [6.07, 6.45) is -0.167. The fourth-order valence-electron chi connectivity index (χ4n) is 0.545. The summed E-state index contributed by atoms with van der Waals surface area (Å²) in [4.78, 5) is 17.9. The Labute approximate surface area is 75.4 Å². The first-order valence-corrected chi connectivity index (χ1v) is 3.50. The van der Waals surface area contributed by atoms with Crippen LogP contribution in [0.1, 0.15) is 5.56 Å². The molecule has 1 rings (SSSR count). The predicted molar refractivity (Wildman–Crippen MR) is 46.5 cm³/mol. The summed E-state index contributed by atoms with van der Waals surface area (Å²) in [5, 5.41) is 16.1. The number of aliphatic carboxylic acids is 1. The second kappa shape index (κ2) is 5.77. The highest BCUT2D eigenvalue weighted by Gasteiger charge is 1.82. The molecular formula is C9H10O4. The van der Waals surface area contributed by atoms with Crippen molar-refractivity contribution >= 4 is 12.3 Å². The molecule has 0 aliphatic heterocycles. The fourth-order valence-corrected chi connectivity index (χ4v) is 0.545. The first-order chi connectivity index (χ1) is 6.06. The van der Waals surface area contributed by atoms with Crippen LogP contribution in [0.15, 0.2) is 24.3 Å². The minimum absolute atomic E-state index is 0.167. The lowest BCUT2D eigenvalue weighted by Gasteiger charge is -1.89. The van der Waals surface area contributed by atoms with Crippen molar-refractivity contribution in [1.29, 1.82) is 0 Å². The summed E-state index contributed by atoms with van der Waals surface area (Å²) < 4.78 is 0. The maximum Gasteiger partial charge on any atom is 0.368 e. The van der Waals surface area contributed by atoms with E-state index in [2.05, 4.69) is 0 Å². The van der Waals surface area contributed by atoms with E-state index in [4.69, 9.17) is 19.8 Å². The Bertz CT molecular complexity index is 255. The van der Waals surface area contributed by atoms with E-state index >= 15 is 0 Å². The van der Waals surface area contributed by atoms with Crippen molar-refractivity contribution in [2.75, 3.05) is 0 Å². The van der Waals surface area contributed by atoms with Crippen molar-refractivity contribution in [3.63, 3.8) is 0 Å². The van der Waals surface area contributed by atoms with Crippen molar-refractivity contribution in [1.82, 2.24) is 0 Å². The number of aldehydes is 1. The number of carbonyl (C=O) groups excluding carboxylic acids is 1. The average Bonchev–Trinajstić information content (AvgIpc) is 2.11. The van der Waals surface area contributed by atoms with Gasteiger partial charge in [-0.3, -0.25) is 4.79 Å². The standard InChI is InChI=1S/C7H8O.C2H2O3/c1-6-2-4-7(8)5-3-6;3-1-2(4)5/h2-5,8H,1H3;1H,(H,4,5). The summed E-state index contributed by atoms with van der Waals surface area (Å²) in [5.41, 5.74) is 1.17. The molecule has 0 spiro atoms. The molecule has 0 atom stereocenters. The van der Waals surface area contributed by atoms with Crippen LogP contribution in [-0.2, 0) is 9.59 Å². The first kappa shape index (κ1) is 11.2. The van der Waals surface area contributed by atoms with E-state index in [1.54, 1.807) is 12.1 Å². The monoisotopic (exact) mass is 182 g/mol. The Hall–Kier alpha value is -1.84. The van der Waals surface area contributed by atoms with Crippen LogP contribution in [-0.4, -0.2) is 22.5 Å². The molecule has 0 heterocycles. The highest BCUT2D eigenvalue weighted by Crippen LogP contribution is 2.07. The van der Waals surface area contributed by atoms with Gasteiger partial charge in [-0.1, -0.05) is 17.7 Å². The van der Waals surface area contributed by atoms with Crippen LogP contribution in [0.25, 0.3) is 0 Å². The van der Waals surface area contributed by atoms with Crippen LogP contribution >= 0.6 is 0 Å². The number of rotatable bonds is 1. The minimum atomic E-state index is -1.43. The number of aromatic hydroxyl groups is 1. The molecule has 2 N–H and O–H groups in total. The zero-order valence-electron chi connectivity index (χ0n) is 7.10. The number of carboxylic acid groups (broad SMARTS) is 1. The molecule has 70 valence electrons. The number of phenols is 1. The van der Waals surface area contributed by atoms with E-state index in [0.29, 0.717) is 5.75 Å². The molecule has 1 aromatic carbocycles. The molecule has 13 heavy (non-hydrogen) atoms. The van der Waals surface area contributed by atoms with Crippen molar-refractivity contribution < 1.29 is 19.8 Å². The quantitative estimate of drug-likeness (QED) is 0.501. The molecule has 0 aliphatic rings. The lowest BCUT2D eigenvalue weighted by molar-refractivity contribution is -0.143. The Morgan fingerprint density at radius 3 is 1.92 bits per heavy atom. The van der Waals surface area contributed by atoms with E-state index < -0.39 is 5.97 Å². The second-order valence-corrected chi connectivity index (χ2v) is 2.29. The predicted octanol–water partition coefficient (Wildman–Crippen LogP) is 0.971. The lowest BCUT2D eigenvalue weighted by Crippen LogP contribution is -1.91. The summed E-state index contributed by atoms with van der Waals surface area (Å²) in [5.74, 6) is -1.10. The number of carboxylic acids is 1. The molecule has 1 aromatic rings. The number of aryl methyl sites for hydroxylation is 1. The van der Waals surface area contributed by atoms with Gasteiger partial charge in [0.2, 0.25) is 6.29 Å². The van der Waals surface area contributed by atoms with Crippen molar-refractivity contribution in [3.05, 3.63) is 29.8 Å². The normalized spacial score (nSPS) is 8.08. The van der Waals surface area contributed by atoms with Crippen LogP contribution < -0.4 is 0 Å². The van der Waals surface area contributed by atoms with Gasteiger partial charge in [-0.25, -0.2) is 4.79 Å². The lowest BCUT2D eigenvalue weighted by atomic mass is 10.2. The number of hydrogen-bond donors (Lipinski definition) is 2. The molecule has 0 bridgehead atoms. The Balaban J connectivity index is 0.000000252. The number of phenolic OH excluding ortho intramolecular Hbond substituents is 1. The molecular weight excluding hydrogens is 172 g/mol. The van der Waals surface area contributed by atoms with E-state index in [9.17, 15) is 0 Å². The smallest absolute Gasteiger partial charge is 0.368 e. The summed E-state index contributed by atoms with van der Waals surface area (Å²) in [7, 11) is 0. The largest absolute Gasteiger partial charge is 0.508 e. The van der Waals surface area contributed by atoms with Gasteiger partial charge in [-0.05, 0) is 19.1 Å². The molecule has 0 amide bonds. The molecule has 0 fully saturated rings. The topological polar surface area (TPSA) is 74.6 Å². The molecule has 4 heteroatoms. The van der Waals surface area contributed by atoms with E-state index in [0.717, 1.165) is 0 Å². The SMILES string of the molecule is Cc1ccc(O)cc1.O=CC(=O)O. The van der Waals surface area contributed by atoms with Gasteiger partial charge in [0, 0.05) is 0 Å². The minimum Gasteiger partial charge on any atom is -0.508 e. The van der Waals surface area contributed by atoms with Crippen LogP contribution in [0.3, 0.4) is 0 Å². The highest BCUT2D eigenvalue weighted by atomic mass is 16.4. The third-order valence-corrected chi connectivity index (χ3v) is 1.13. The summed E-state index contributed by atoms with van der Waals surface area (Å²) in [6.45, 7) is 1.99. The Morgan fingerprint density at radius 1 is 1.31 bits per heavy atom. The van der Waals surface area contributed by atoms with Crippen molar-refractivity contribution in [2.24, 2.45) is 0 Å². The van der Waals surface area contributed by atoms with E-state index in [1.165, 1.54) is 5.56 Å². The third kappa shape index (κ3) is 6.55. The summed E-state index contributed by atoms with van der Waals surface area (Å²) in [6, 6.07) is 7.09. The molecule has 0 saturated heterocycles. The van der Waals surface area contributed by atoms with Crippen LogP contribution in [0.5, 0.6) is 5.75 Å². The van der Waals surface area contributed by atoms with Crippen LogP contribution in [0.4, 0.5) is 0 Å². The van der Waals surface area contributed by atoms with Gasteiger partial charge in [0.15, 0.2) is 0 Å². The van der Waals surface area contributed by atoms with Gasteiger partial charge in [0.1, 0.15) is 5.75 Å². The molecule has 0 aromatic heterocycles. The summed E-state index contributed by atoms with van der Waals surface area (Å²) >= 11 is 0. The zero-order valence-corrected chi connectivity index (χ0v) is 7.10. The van der Waals surface area contributed by atoms with Gasteiger partial charge in [-0.15, -0.1) is 0 Å². The maximum atomic E-state index is 9.00. The first-order valence-electron chi connectivity index (χ1n) is 3.50. The molecule has 0 radical (unpaired) electrons. The maximum absolute atomic E-state index is 9.00. The van der Waals surface area contributed by atoms with E-state index in [-0.39, 0.29) is 6.29 Å². The van der Waals surface area contributed by atoms with Crippen molar-refractivity contribution in [2.45, 2.75) is 6.92 Å². The van der Waals surface area contributed by atoms with Gasteiger partial charge in [0.25, 0.3) is 0 Å². The molecule has 0 saturated carbocycles. The van der Waals surface area contributed by atoms with Gasteiger partial charge < -0.3 is 10.2 Å². The van der Waals surface area contributed by atoms with Crippen LogP contribution in [0, 0.1) is 6.92 Å². The van der Waals surface area contributed by atoms with Crippen molar-refractivity contribution in [3.8, 4) is 5.75 Å².